The van der Waals surface area contributed by atoms with Gasteiger partial charge < -0.3 is 9.64 Å². The number of piperidine rings is 1. The van der Waals surface area contributed by atoms with E-state index >= 15 is 0 Å². The molecule has 2 aromatic heterocycles. The van der Waals surface area contributed by atoms with Gasteiger partial charge in [-0.25, -0.2) is 14.8 Å². The van der Waals surface area contributed by atoms with Crippen molar-refractivity contribution in [3.63, 3.8) is 0 Å². The standard InChI is InChI=1S/C26H31ClN4O3/c1-16-6-7-20(22(27)12-16)21-13-19-14-28-17(2)29-23(19)31(24(21)32)15-18-8-10-30(11-9-18)25(33)34-26(3,4)5/h6-7,12-14,18H,8-11,15H2,1-5H3. The Balaban J connectivity index is 1.65. The van der Waals surface area contributed by atoms with Crippen molar-refractivity contribution in [1.82, 2.24) is 19.4 Å². The summed E-state index contributed by atoms with van der Waals surface area (Å²) in [6.07, 6.45) is 3.04. The maximum absolute atomic E-state index is 13.7. The number of halogens is 1. The number of hydrogen-bond donors (Lipinski definition) is 0. The van der Waals surface area contributed by atoms with Crippen LogP contribution in [0.1, 0.15) is 45.0 Å². The molecule has 0 bridgehead atoms. The summed E-state index contributed by atoms with van der Waals surface area (Å²) in [6.45, 7) is 11.1. The van der Waals surface area contributed by atoms with Gasteiger partial charge in [0, 0.05) is 47.4 Å². The van der Waals surface area contributed by atoms with Crippen molar-refractivity contribution in [2.24, 2.45) is 5.92 Å². The maximum atomic E-state index is 13.7. The van der Waals surface area contributed by atoms with E-state index in [4.69, 9.17) is 16.3 Å². The first-order valence-electron chi connectivity index (χ1n) is 11.6. The Labute approximate surface area is 204 Å². The molecule has 1 amide bonds. The topological polar surface area (TPSA) is 77.3 Å². The van der Waals surface area contributed by atoms with Crippen molar-refractivity contribution < 1.29 is 9.53 Å². The molecular weight excluding hydrogens is 452 g/mol. The number of hydrogen-bond acceptors (Lipinski definition) is 5. The number of aryl methyl sites for hydroxylation is 2. The lowest BCUT2D eigenvalue weighted by Crippen LogP contribution is -2.42. The molecule has 1 aliphatic rings. The van der Waals surface area contributed by atoms with E-state index < -0.39 is 5.60 Å². The summed E-state index contributed by atoms with van der Waals surface area (Å²) < 4.78 is 7.26. The minimum atomic E-state index is -0.518. The van der Waals surface area contributed by atoms with Gasteiger partial charge in [-0.2, -0.15) is 0 Å². The molecule has 0 spiro atoms. The monoisotopic (exact) mass is 482 g/mol. The largest absolute Gasteiger partial charge is 0.444 e. The third kappa shape index (κ3) is 5.25. The number of benzene rings is 1. The van der Waals surface area contributed by atoms with E-state index in [2.05, 4.69) is 9.97 Å². The molecule has 4 rings (SSSR count). The van der Waals surface area contributed by atoms with Gasteiger partial charge in [0.1, 0.15) is 17.1 Å². The average molecular weight is 483 g/mol. The number of pyridine rings is 1. The van der Waals surface area contributed by atoms with Gasteiger partial charge in [0.25, 0.3) is 5.56 Å². The van der Waals surface area contributed by atoms with E-state index in [1.165, 1.54) is 0 Å². The second-order valence-electron chi connectivity index (χ2n) is 10.1. The highest BCUT2D eigenvalue weighted by atomic mass is 35.5. The maximum Gasteiger partial charge on any atom is 0.410 e. The highest BCUT2D eigenvalue weighted by Gasteiger charge is 2.28. The van der Waals surface area contributed by atoms with Crippen LogP contribution in [0.5, 0.6) is 0 Å². The summed E-state index contributed by atoms with van der Waals surface area (Å²) in [5, 5.41) is 1.34. The Bertz CT molecular complexity index is 1290. The summed E-state index contributed by atoms with van der Waals surface area (Å²) >= 11 is 6.52. The first kappa shape index (κ1) is 24.2. The Hall–Kier alpha value is -2.93. The van der Waals surface area contributed by atoms with Crippen molar-refractivity contribution in [1.29, 1.82) is 0 Å². The van der Waals surface area contributed by atoms with Gasteiger partial charge in [0.15, 0.2) is 0 Å². The van der Waals surface area contributed by atoms with Crippen LogP contribution in [0.4, 0.5) is 4.79 Å². The molecule has 1 aromatic carbocycles. The molecule has 0 saturated carbocycles. The van der Waals surface area contributed by atoms with E-state index in [0.717, 1.165) is 23.8 Å². The molecular formula is C26H31ClN4O3. The highest BCUT2D eigenvalue weighted by Crippen LogP contribution is 2.29. The van der Waals surface area contributed by atoms with Crippen LogP contribution in [-0.4, -0.2) is 44.2 Å². The van der Waals surface area contributed by atoms with Gasteiger partial charge in [-0.15, -0.1) is 0 Å². The minimum absolute atomic E-state index is 0.120. The third-order valence-electron chi connectivity index (χ3n) is 6.07. The second kappa shape index (κ2) is 9.37. The van der Waals surface area contributed by atoms with Crippen molar-refractivity contribution in [3.05, 3.63) is 57.2 Å². The van der Waals surface area contributed by atoms with Gasteiger partial charge in [-0.3, -0.25) is 9.36 Å². The van der Waals surface area contributed by atoms with E-state index in [1.54, 1.807) is 15.7 Å². The number of fused-ring (bicyclic) bond motifs is 1. The first-order valence-corrected chi connectivity index (χ1v) is 12.0. The predicted molar refractivity (Wildman–Crippen MR) is 134 cm³/mol. The Morgan fingerprint density at radius 1 is 1.15 bits per heavy atom. The number of carbonyl (C=O) groups is 1. The number of aromatic nitrogens is 3. The second-order valence-corrected chi connectivity index (χ2v) is 10.5. The van der Waals surface area contributed by atoms with Gasteiger partial charge >= 0.3 is 6.09 Å². The van der Waals surface area contributed by atoms with Crippen molar-refractivity contribution >= 4 is 28.7 Å². The van der Waals surface area contributed by atoms with Crippen LogP contribution in [0.2, 0.25) is 5.02 Å². The fourth-order valence-electron chi connectivity index (χ4n) is 4.33. The molecule has 3 heterocycles. The quantitative estimate of drug-likeness (QED) is 0.501. The lowest BCUT2D eigenvalue weighted by atomic mass is 9.96. The van der Waals surface area contributed by atoms with Crippen LogP contribution >= 0.6 is 11.6 Å². The third-order valence-corrected chi connectivity index (χ3v) is 6.38. The Morgan fingerprint density at radius 3 is 2.50 bits per heavy atom. The van der Waals surface area contributed by atoms with Gasteiger partial charge in [0.05, 0.1) is 0 Å². The molecule has 0 N–H and O–H groups in total. The van der Waals surface area contributed by atoms with E-state index in [-0.39, 0.29) is 17.6 Å². The highest BCUT2D eigenvalue weighted by molar-refractivity contribution is 6.33. The molecule has 7 nitrogen and oxygen atoms in total. The van der Waals surface area contributed by atoms with Gasteiger partial charge in [-0.1, -0.05) is 23.7 Å². The lowest BCUT2D eigenvalue weighted by Gasteiger charge is -2.33. The fraction of sp³-hybridized carbons (Fsp3) is 0.462. The number of ether oxygens (including phenoxy) is 1. The van der Waals surface area contributed by atoms with Crippen LogP contribution in [0.25, 0.3) is 22.2 Å². The number of likely N-dealkylation sites (tertiary alicyclic amines) is 1. The smallest absolute Gasteiger partial charge is 0.410 e. The molecule has 8 heteroatoms. The molecule has 34 heavy (non-hydrogen) atoms. The average Bonchev–Trinajstić information content (AvgIpc) is 2.75. The molecule has 3 aromatic rings. The van der Waals surface area contributed by atoms with Crippen molar-refractivity contribution in [2.45, 2.75) is 59.6 Å². The summed E-state index contributed by atoms with van der Waals surface area (Å²) in [5.41, 5.74) is 2.26. The van der Waals surface area contributed by atoms with Crippen molar-refractivity contribution in [3.8, 4) is 11.1 Å². The zero-order valence-corrected chi connectivity index (χ0v) is 21.1. The summed E-state index contributed by atoms with van der Waals surface area (Å²) in [4.78, 5) is 36.8. The Morgan fingerprint density at radius 2 is 1.85 bits per heavy atom. The van der Waals surface area contributed by atoms with Gasteiger partial charge in [0.2, 0.25) is 0 Å². The van der Waals surface area contributed by atoms with Crippen molar-refractivity contribution in [2.75, 3.05) is 13.1 Å². The zero-order valence-electron chi connectivity index (χ0n) is 20.4. The van der Waals surface area contributed by atoms with Crippen LogP contribution in [0.3, 0.4) is 0 Å². The molecule has 0 aliphatic carbocycles. The first-order chi connectivity index (χ1) is 16.0. The molecule has 0 atom stereocenters. The predicted octanol–water partition coefficient (Wildman–Crippen LogP) is 5.38. The minimum Gasteiger partial charge on any atom is -0.444 e. The lowest BCUT2D eigenvalue weighted by molar-refractivity contribution is 0.0178. The molecule has 1 saturated heterocycles. The number of rotatable bonds is 3. The summed E-state index contributed by atoms with van der Waals surface area (Å²) in [7, 11) is 0. The molecule has 0 unspecified atom stereocenters. The van der Waals surface area contributed by atoms with E-state index in [0.29, 0.717) is 47.3 Å². The number of amides is 1. The molecule has 180 valence electrons. The van der Waals surface area contributed by atoms with Crippen LogP contribution in [0.15, 0.2) is 35.3 Å². The molecule has 1 aliphatic heterocycles. The van der Waals surface area contributed by atoms with E-state index in [9.17, 15) is 9.59 Å². The van der Waals surface area contributed by atoms with Crippen LogP contribution < -0.4 is 5.56 Å². The summed E-state index contributed by atoms with van der Waals surface area (Å²) in [6, 6.07) is 7.53. The Kier molecular flexibility index (Phi) is 6.67. The number of nitrogens with zero attached hydrogens (tertiary/aromatic N) is 4. The molecule has 1 fully saturated rings. The normalized spacial score (nSPS) is 15.1. The van der Waals surface area contributed by atoms with E-state index in [1.807, 2.05) is 58.9 Å². The zero-order chi connectivity index (χ0) is 24.6. The van der Waals surface area contributed by atoms with Gasteiger partial charge in [-0.05, 0) is 71.1 Å². The van der Waals surface area contributed by atoms with Crippen LogP contribution in [-0.2, 0) is 11.3 Å². The molecule has 0 radical (unpaired) electrons. The van der Waals surface area contributed by atoms with Crippen LogP contribution in [0, 0.1) is 19.8 Å². The number of carbonyl (C=O) groups excluding carboxylic acids is 1. The summed E-state index contributed by atoms with van der Waals surface area (Å²) in [5.74, 6) is 0.847. The SMILES string of the molecule is Cc1ccc(-c2cc3cnc(C)nc3n(CC3CCN(C(=O)OC(C)(C)C)CC3)c2=O)c(Cl)c1. The fourth-order valence-corrected chi connectivity index (χ4v) is 4.66.